The number of nitrogen functional groups attached to an aromatic ring is 1. The lowest BCUT2D eigenvalue weighted by molar-refractivity contribution is -0.385. The summed E-state index contributed by atoms with van der Waals surface area (Å²) in [4.78, 5) is 19.5. The van der Waals surface area contributed by atoms with Crippen molar-refractivity contribution in [3.05, 3.63) is 50.2 Å². The molecule has 0 bridgehead atoms. The summed E-state index contributed by atoms with van der Waals surface area (Å²) < 4.78 is 0. The molecule has 0 atom stereocenters. The standard InChI is InChI=1S/C19H25ClN6O2/c1-11-8-14(20)5-4-13(11)10-23-19-24-16(17(26(27)28)18(22)25-19)9-12-2-6-15(21)7-3-12/h4-5,8,12,15H,2-3,6-7,9-10,21H2,1H3,(H3,22,23,24,25)/t12-,15-. The third kappa shape index (κ3) is 4.88. The first-order chi connectivity index (χ1) is 13.3. The molecule has 1 aromatic carbocycles. The van der Waals surface area contributed by atoms with Gasteiger partial charge in [-0.05, 0) is 68.2 Å². The quantitative estimate of drug-likeness (QED) is 0.494. The first kappa shape index (κ1) is 20.3. The van der Waals surface area contributed by atoms with E-state index in [0.717, 1.165) is 36.8 Å². The molecule has 1 aliphatic carbocycles. The molecule has 5 N–H and O–H groups in total. The Balaban J connectivity index is 1.80. The number of nitrogens with one attached hydrogen (secondary N) is 1. The van der Waals surface area contributed by atoms with Crippen LogP contribution in [-0.2, 0) is 13.0 Å². The van der Waals surface area contributed by atoms with Crippen LogP contribution in [0.5, 0.6) is 0 Å². The average Bonchev–Trinajstić information content (AvgIpc) is 2.62. The van der Waals surface area contributed by atoms with Crippen molar-refractivity contribution in [2.45, 2.75) is 51.6 Å². The van der Waals surface area contributed by atoms with E-state index < -0.39 is 4.92 Å². The Morgan fingerprint density at radius 1 is 1.29 bits per heavy atom. The molecule has 0 saturated heterocycles. The molecule has 1 heterocycles. The number of nitro groups is 1. The second-order valence-corrected chi connectivity index (χ2v) is 7.83. The highest BCUT2D eigenvalue weighted by molar-refractivity contribution is 6.30. The lowest BCUT2D eigenvalue weighted by Gasteiger charge is -2.25. The number of aromatic nitrogens is 2. The summed E-state index contributed by atoms with van der Waals surface area (Å²) in [5, 5.41) is 15.3. The number of rotatable bonds is 6. The molecule has 0 radical (unpaired) electrons. The summed E-state index contributed by atoms with van der Waals surface area (Å²) in [7, 11) is 0. The van der Waals surface area contributed by atoms with Crippen LogP contribution in [0.2, 0.25) is 5.02 Å². The van der Waals surface area contributed by atoms with Crippen molar-refractivity contribution in [2.24, 2.45) is 11.7 Å². The minimum atomic E-state index is -0.494. The van der Waals surface area contributed by atoms with Gasteiger partial charge in [-0.3, -0.25) is 10.1 Å². The second kappa shape index (κ2) is 8.70. The van der Waals surface area contributed by atoms with Crippen molar-refractivity contribution < 1.29 is 4.92 Å². The Morgan fingerprint density at radius 2 is 2.00 bits per heavy atom. The zero-order valence-electron chi connectivity index (χ0n) is 15.8. The predicted molar refractivity (Wildman–Crippen MR) is 110 cm³/mol. The molecular formula is C19H25ClN6O2. The number of aryl methyl sites for hydroxylation is 1. The molecule has 1 aliphatic rings. The fraction of sp³-hybridized carbons (Fsp3) is 0.474. The number of anilines is 2. The predicted octanol–water partition coefficient (Wildman–Crippen LogP) is 3.60. The highest BCUT2D eigenvalue weighted by atomic mass is 35.5. The zero-order chi connectivity index (χ0) is 20.3. The van der Waals surface area contributed by atoms with Crippen LogP contribution < -0.4 is 16.8 Å². The summed E-state index contributed by atoms with van der Waals surface area (Å²) in [5.41, 5.74) is 14.1. The third-order valence-electron chi connectivity index (χ3n) is 5.28. The van der Waals surface area contributed by atoms with Gasteiger partial charge in [0, 0.05) is 17.6 Å². The molecule has 150 valence electrons. The number of halogens is 1. The van der Waals surface area contributed by atoms with Gasteiger partial charge in [0.25, 0.3) is 0 Å². The van der Waals surface area contributed by atoms with Crippen LogP contribution in [0.4, 0.5) is 17.5 Å². The van der Waals surface area contributed by atoms with E-state index in [1.54, 1.807) is 0 Å². The van der Waals surface area contributed by atoms with Gasteiger partial charge in [0.2, 0.25) is 11.8 Å². The van der Waals surface area contributed by atoms with Crippen LogP contribution >= 0.6 is 11.6 Å². The molecule has 2 aromatic rings. The van der Waals surface area contributed by atoms with Gasteiger partial charge in [-0.15, -0.1) is 0 Å². The maximum atomic E-state index is 11.5. The molecule has 0 unspecified atom stereocenters. The van der Waals surface area contributed by atoms with E-state index in [1.165, 1.54) is 0 Å². The van der Waals surface area contributed by atoms with Crippen molar-refractivity contribution in [1.82, 2.24) is 9.97 Å². The Labute approximate surface area is 168 Å². The monoisotopic (exact) mass is 404 g/mol. The fourth-order valence-electron chi connectivity index (χ4n) is 3.64. The van der Waals surface area contributed by atoms with E-state index in [-0.39, 0.29) is 17.5 Å². The van der Waals surface area contributed by atoms with Gasteiger partial charge >= 0.3 is 5.69 Å². The Kier molecular flexibility index (Phi) is 6.31. The van der Waals surface area contributed by atoms with E-state index in [2.05, 4.69) is 15.3 Å². The summed E-state index contributed by atoms with van der Waals surface area (Å²) in [6.07, 6.45) is 4.24. The molecule has 1 saturated carbocycles. The van der Waals surface area contributed by atoms with Crippen LogP contribution in [0.1, 0.15) is 42.5 Å². The summed E-state index contributed by atoms with van der Waals surface area (Å²) in [6, 6.07) is 5.84. The van der Waals surface area contributed by atoms with E-state index in [0.29, 0.717) is 35.5 Å². The molecule has 28 heavy (non-hydrogen) atoms. The van der Waals surface area contributed by atoms with Crippen LogP contribution in [0.25, 0.3) is 0 Å². The maximum Gasteiger partial charge on any atom is 0.332 e. The summed E-state index contributed by atoms with van der Waals surface area (Å²) in [6.45, 7) is 2.44. The minimum absolute atomic E-state index is 0.113. The average molecular weight is 405 g/mol. The van der Waals surface area contributed by atoms with Gasteiger partial charge in [-0.2, -0.15) is 4.98 Å². The SMILES string of the molecule is Cc1cc(Cl)ccc1CNc1nc(N)c([N+](=O)[O-])c(C[C@H]2CC[C@H](N)CC2)n1. The van der Waals surface area contributed by atoms with Crippen LogP contribution in [0, 0.1) is 23.0 Å². The normalized spacial score (nSPS) is 19.4. The largest absolute Gasteiger partial charge is 0.378 e. The number of hydrogen-bond donors (Lipinski definition) is 3. The van der Waals surface area contributed by atoms with Crippen molar-refractivity contribution >= 4 is 29.1 Å². The van der Waals surface area contributed by atoms with E-state index in [4.69, 9.17) is 23.1 Å². The molecule has 0 spiro atoms. The molecule has 3 rings (SSSR count). The molecule has 0 aliphatic heterocycles. The molecule has 1 fully saturated rings. The van der Waals surface area contributed by atoms with Crippen molar-refractivity contribution in [3.63, 3.8) is 0 Å². The molecule has 8 nitrogen and oxygen atoms in total. The highest BCUT2D eigenvalue weighted by Gasteiger charge is 2.27. The van der Waals surface area contributed by atoms with Gasteiger partial charge in [0.05, 0.1) is 4.92 Å². The van der Waals surface area contributed by atoms with Crippen LogP contribution in [0.3, 0.4) is 0 Å². The van der Waals surface area contributed by atoms with E-state index >= 15 is 0 Å². The smallest absolute Gasteiger partial charge is 0.332 e. The van der Waals surface area contributed by atoms with Gasteiger partial charge in [-0.25, -0.2) is 4.98 Å². The lowest BCUT2D eigenvalue weighted by Crippen LogP contribution is -2.27. The first-order valence-electron chi connectivity index (χ1n) is 9.38. The number of nitrogens with zero attached hydrogens (tertiary/aromatic N) is 3. The van der Waals surface area contributed by atoms with Crippen molar-refractivity contribution in [2.75, 3.05) is 11.1 Å². The first-order valence-corrected chi connectivity index (χ1v) is 9.76. The number of benzene rings is 1. The summed E-state index contributed by atoms with van der Waals surface area (Å²) >= 11 is 5.99. The highest BCUT2D eigenvalue weighted by Crippen LogP contribution is 2.32. The molecular weight excluding hydrogens is 380 g/mol. The maximum absolute atomic E-state index is 11.5. The Morgan fingerprint density at radius 3 is 2.64 bits per heavy atom. The minimum Gasteiger partial charge on any atom is -0.378 e. The lowest BCUT2D eigenvalue weighted by atomic mass is 9.83. The van der Waals surface area contributed by atoms with Gasteiger partial charge in [-0.1, -0.05) is 17.7 Å². The number of hydrogen-bond acceptors (Lipinski definition) is 7. The summed E-state index contributed by atoms with van der Waals surface area (Å²) in [5.74, 6) is 0.497. The third-order valence-corrected chi connectivity index (χ3v) is 5.52. The van der Waals surface area contributed by atoms with Gasteiger partial charge in [0.15, 0.2) is 0 Å². The zero-order valence-corrected chi connectivity index (χ0v) is 16.6. The Hall–Kier alpha value is -2.45. The van der Waals surface area contributed by atoms with Gasteiger partial charge in [0.1, 0.15) is 5.69 Å². The molecule has 1 aromatic heterocycles. The topological polar surface area (TPSA) is 133 Å². The Bertz CT molecular complexity index is 868. The second-order valence-electron chi connectivity index (χ2n) is 7.39. The van der Waals surface area contributed by atoms with E-state index in [9.17, 15) is 10.1 Å². The fourth-order valence-corrected chi connectivity index (χ4v) is 3.87. The number of nitrogens with two attached hydrogens (primary N) is 2. The van der Waals surface area contributed by atoms with E-state index in [1.807, 2.05) is 25.1 Å². The van der Waals surface area contributed by atoms with Gasteiger partial charge < -0.3 is 16.8 Å². The van der Waals surface area contributed by atoms with Crippen molar-refractivity contribution in [3.8, 4) is 0 Å². The molecule has 0 amide bonds. The van der Waals surface area contributed by atoms with Crippen LogP contribution in [0.15, 0.2) is 18.2 Å². The van der Waals surface area contributed by atoms with Crippen LogP contribution in [-0.4, -0.2) is 20.9 Å². The van der Waals surface area contributed by atoms with Crippen molar-refractivity contribution in [1.29, 1.82) is 0 Å². The molecule has 9 heteroatoms.